The summed E-state index contributed by atoms with van der Waals surface area (Å²) in [7, 11) is 0. The summed E-state index contributed by atoms with van der Waals surface area (Å²) < 4.78 is 6.00. The van der Waals surface area contributed by atoms with E-state index in [9.17, 15) is 0 Å². The molecule has 1 unspecified atom stereocenters. The van der Waals surface area contributed by atoms with Crippen LogP contribution in [0, 0.1) is 0 Å². The second-order valence-corrected chi connectivity index (χ2v) is 5.43. The fourth-order valence-electron chi connectivity index (χ4n) is 2.67. The highest BCUT2D eigenvalue weighted by Crippen LogP contribution is 2.30. The lowest BCUT2D eigenvalue weighted by molar-refractivity contribution is 0.482. The van der Waals surface area contributed by atoms with Gasteiger partial charge >= 0.3 is 0 Å². The van der Waals surface area contributed by atoms with Crippen LogP contribution in [0.2, 0.25) is 0 Å². The maximum absolute atomic E-state index is 6.00. The molecular formula is C18H22N2O. The summed E-state index contributed by atoms with van der Waals surface area (Å²) in [5.41, 5.74) is 1.08. The molecule has 0 aromatic heterocycles. The molecule has 1 aliphatic heterocycles. The molecule has 0 bridgehead atoms. The Morgan fingerprint density at radius 3 is 2.62 bits per heavy atom. The minimum atomic E-state index is 0.514. The lowest BCUT2D eigenvalue weighted by Gasteiger charge is -2.20. The summed E-state index contributed by atoms with van der Waals surface area (Å²) in [4.78, 5) is 0. The first-order valence-corrected chi connectivity index (χ1v) is 7.71. The van der Waals surface area contributed by atoms with E-state index in [-0.39, 0.29) is 0 Å². The Morgan fingerprint density at radius 1 is 0.905 bits per heavy atom. The van der Waals surface area contributed by atoms with Gasteiger partial charge in [-0.2, -0.15) is 0 Å². The third-order valence-corrected chi connectivity index (χ3v) is 3.79. The predicted molar refractivity (Wildman–Crippen MR) is 87.1 cm³/mol. The Balaban J connectivity index is 1.72. The molecule has 1 saturated heterocycles. The lowest BCUT2D eigenvalue weighted by Crippen LogP contribution is -2.21. The van der Waals surface area contributed by atoms with Gasteiger partial charge in [-0.05, 0) is 56.6 Å². The molecule has 1 atom stereocenters. The smallest absolute Gasteiger partial charge is 0.150 e. The number of para-hydroxylation sites is 3. The van der Waals surface area contributed by atoms with Crippen molar-refractivity contribution in [2.45, 2.75) is 25.3 Å². The first-order valence-electron chi connectivity index (χ1n) is 7.71. The molecule has 0 radical (unpaired) electrons. The molecule has 2 N–H and O–H groups in total. The molecule has 0 saturated carbocycles. The van der Waals surface area contributed by atoms with Gasteiger partial charge in [-0.15, -0.1) is 0 Å². The molecule has 3 rings (SSSR count). The molecule has 3 nitrogen and oxygen atoms in total. The van der Waals surface area contributed by atoms with Gasteiger partial charge in [-0.25, -0.2) is 0 Å². The summed E-state index contributed by atoms with van der Waals surface area (Å²) in [5, 5.41) is 7.09. The van der Waals surface area contributed by atoms with Crippen LogP contribution < -0.4 is 15.4 Å². The van der Waals surface area contributed by atoms with Gasteiger partial charge in [0.15, 0.2) is 5.75 Å². The molecule has 0 spiro atoms. The summed E-state index contributed by atoms with van der Waals surface area (Å²) in [6.45, 7) is 2.21. The fraction of sp³-hybridized carbons (Fsp3) is 0.333. The molecular weight excluding hydrogens is 260 g/mol. The normalized spacial score (nSPS) is 18.8. The zero-order valence-electron chi connectivity index (χ0n) is 12.2. The predicted octanol–water partition coefficient (Wildman–Crippen LogP) is 4.03. The average molecular weight is 282 g/mol. The quantitative estimate of drug-likeness (QED) is 0.888. The van der Waals surface area contributed by atoms with Gasteiger partial charge in [-0.1, -0.05) is 30.3 Å². The molecule has 110 valence electrons. The van der Waals surface area contributed by atoms with Crippen molar-refractivity contribution in [1.82, 2.24) is 5.32 Å². The van der Waals surface area contributed by atoms with Gasteiger partial charge in [0.05, 0.1) is 5.69 Å². The maximum atomic E-state index is 6.00. The van der Waals surface area contributed by atoms with E-state index >= 15 is 0 Å². The van der Waals surface area contributed by atoms with E-state index in [4.69, 9.17) is 4.74 Å². The van der Waals surface area contributed by atoms with Gasteiger partial charge in [0.2, 0.25) is 0 Å². The van der Waals surface area contributed by atoms with Crippen molar-refractivity contribution in [2.75, 3.05) is 18.4 Å². The van der Waals surface area contributed by atoms with E-state index in [0.29, 0.717) is 6.04 Å². The monoisotopic (exact) mass is 282 g/mol. The first kappa shape index (κ1) is 14.0. The second-order valence-electron chi connectivity index (χ2n) is 5.43. The molecule has 2 aromatic rings. The summed E-state index contributed by atoms with van der Waals surface area (Å²) in [5.74, 6) is 1.76. The van der Waals surface area contributed by atoms with E-state index in [1.165, 1.54) is 12.8 Å². The zero-order valence-corrected chi connectivity index (χ0v) is 12.2. The Labute approximate surface area is 126 Å². The molecule has 0 aliphatic carbocycles. The third kappa shape index (κ3) is 3.99. The SMILES string of the molecule is c1ccc(Oc2ccccc2NC2CCCNCC2)cc1. The minimum absolute atomic E-state index is 0.514. The molecule has 1 fully saturated rings. The van der Waals surface area contributed by atoms with Crippen molar-refractivity contribution in [3.05, 3.63) is 54.6 Å². The molecule has 3 heteroatoms. The van der Waals surface area contributed by atoms with Crippen molar-refractivity contribution in [3.63, 3.8) is 0 Å². The number of benzene rings is 2. The second kappa shape index (κ2) is 7.14. The summed E-state index contributed by atoms with van der Waals surface area (Å²) >= 11 is 0. The standard InChI is InChI=1S/C18H22N2O/c1-2-8-16(9-3-1)21-18-11-5-4-10-17(18)20-15-7-6-13-19-14-12-15/h1-5,8-11,15,19-20H,6-7,12-14H2. The Morgan fingerprint density at radius 2 is 1.71 bits per heavy atom. The number of hydrogen-bond donors (Lipinski definition) is 2. The van der Waals surface area contributed by atoms with E-state index in [1.54, 1.807) is 0 Å². The maximum Gasteiger partial charge on any atom is 0.150 e. The van der Waals surface area contributed by atoms with E-state index in [2.05, 4.69) is 22.8 Å². The number of ether oxygens (including phenoxy) is 1. The molecule has 0 amide bonds. The van der Waals surface area contributed by atoms with Crippen LogP contribution in [0.5, 0.6) is 11.5 Å². The minimum Gasteiger partial charge on any atom is -0.455 e. The van der Waals surface area contributed by atoms with Crippen molar-refractivity contribution < 1.29 is 4.74 Å². The number of rotatable bonds is 4. The third-order valence-electron chi connectivity index (χ3n) is 3.79. The van der Waals surface area contributed by atoms with Crippen LogP contribution in [0.3, 0.4) is 0 Å². The van der Waals surface area contributed by atoms with Crippen LogP contribution in [0.4, 0.5) is 5.69 Å². The highest BCUT2D eigenvalue weighted by atomic mass is 16.5. The summed E-state index contributed by atoms with van der Waals surface area (Å²) in [6, 6.07) is 18.6. The van der Waals surface area contributed by atoms with Crippen LogP contribution in [0.1, 0.15) is 19.3 Å². The van der Waals surface area contributed by atoms with Gasteiger partial charge in [0, 0.05) is 6.04 Å². The number of nitrogens with one attached hydrogen (secondary N) is 2. The van der Waals surface area contributed by atoms with E-state index < -0.39 is 0 Å². The van der Waals surface area contributed by atoms with Gasteiger partial charge in [0.1, 0.15) is 5.75 Å². The number of hydrogen-bond acceptors (Lipinski definition) is 3. The Hall–Kier alpha value is -2.00. The first-order chi connectivity index (χ1) is 10.4. The highest BCUT2D eigenvalue weighted by Gasteiger charge is 2.13. The topological polar surface area (TPSA) is 33.3 Å². The average Bonchev–Trinajstić information content (AvgIpc) is 2.79. The van der Waals surface area contributed by atoms with Crippen LogP contribution in [0.25, 0.3) is 0 Å². The van der Waals surface area contributed by atoms with E-state index in [0.717, 1.165) is 36.7 Å². The van der Waals surface area contributed by atoms with Crippen LogP contribution in [-0.4, -0.2) is 19.1 Å². The van der Waals surface area contributed by atoms with Gasteiger partial charge < -0.3 is 15.4 Å². The highest BCUT2D eigenvalue weighted by molar-refractivity contribution is 5.58. The largest absolute Gasteiger partial charge is 0.455 e. The van der Waals surface area contributed by atoms with E-state index in [1.807, 2.05) is 42.5 Å². The van der Waals surface area contributed by atoms with Crippen LogP contribution in [0.15, 0.2) is 54.6 Å². The fourth-order valence-corrected chi connectivity index (χ4v) is 2.67. The van der Waals surface area contributed by atoms with Crippen molar-refractivity contribution in [2.24, 2.45) is 0 Å². The Bertz CT molecular complexity index is 548. The van der Waals surface area contributed by atoms with Crippen molar-refractivity contribution in [1.29, 1.82) is 0 Å². The zero-order chi connectivity index (χ0) is 14.3. The summed E-state index contributed by atoms with van der Waals surface area (Å²) in [6.07, 6.45) is 3.58. The van der Waals surface area contributed by atoms with Crippen LogP contribution >= 0.6 is 0 Å². The molecule has 21 heavy (non-hydrogen) atoms. The molecule has 1 heterocycles. The Kier molecular flexibility index (Phi) is 4.74. The number of anilines is 1. The van der Waals surface area contributed by atoms with Gasteiger partial charge in [-0.3, -0.25) is 0 Å². The lowest BCUT2D eigenvalue weighted by atomic mass is 10.1. The van der Waals surface area contributed by atoms with Crippen molar-refractivity contribution >= 4 is 5.69 Å². The van der Waals surface area contributed by atoms with Crippen molar-refractivity contribution in [3.8, 4) is 11.5 Å². The van der Waals surface area contributed by atoms with Gasteiger partial charge in [0.25, 0.3) is 0 Å². The van der Waals surface area contributed by atoms with Crippen LogP contribution in [-0.2, 0) is 0 Å². The molecule has 2 aromatic carbocycles. The molecule has 1 aliphatic rings.